The van der Waals surface area contributed by atoms with Gasteiger partial charge in [-0.15, -0.1) is 0 Å². The van der Waals surface area contributed by atoms with Crippen LogP contribution in [0.25, 0.3) is 11.1 Å². The summed E-state index contributed by atoms with van der Waals surface area (Å²) in [6.45, 7) is 1.38. The Balaban J connectivity index is 1.72. The summed E-state index contributed by atoms with van der Waals surface area (Å²) in [5.41, 5.74) is 2.14. The summed E-state index contributed by atoms with van der Waals surface area (Å²) >= 11 is 6.10. The predicted octanol–water partition coefficient (Wildman–Crippen LogP) is 4.64. The van der Waals surface area contributed by atoms with Gasteiger partial charge in [-0.25, -0.2) is 0 Å². The minimum Gasteiger partial charge on any atom is -0.456 e. The molecule has 3 aromatic rings. The van der Waals surface area contributed by atoms with Crippen LogP contribution in [-0.2, 0) is 11.3 Å². The van der Waals surface area contributed by atoms with Crippen LogP contribution in [0.3, 0.4) is 0 Å². The number of benzene rings is 2. The van der Waals surface area contributed by atoms with Gasteiger partial charge in [0.1, 0.15) is 11.5 Å². The van der Waals surface area contributed by atoms with Gasteiger partial charge >= 0.3 is 0 Å². The third kappa shape index (κ3) is 3.92. The number of ether oxygens (including phenoxy) is 2. The lowest BCUT2D eigenvalue weighted by molar-refractivity contribution is 0.183. The van der Waals surface area contributed by atoms with Crippen molar-refractivity contribution in [1.29, 1.82) is 0 Å². The molecule has 1 heterocycles. The lowest BCUT2D eigenvalue weighted by atomic mass is 10.1. The number of hydrogen-bond acceptors (Lipinski definition) is 3. The van der Waals surface area contributed by atoms with Crippen molar-refractivity contribution < 1.29 is 9.47 Å². The zero-order chi connectivity index (χ0) is 16.1. The van der Waals surface area contributed by atoms with Crippen molar-refractivity contribution in [2.45, 2.75) is 6.54 Å². The molecule has 0 atom stereocenters. The Morgan fingerprint density at radius 2 is 1.83 bits per heavy atom. The molecule has 2 aromatic carbocycles. The van der Waals surface area contributed by atoms with E-state index < -0.39 is 0 Å². The molecule has 0 aliphatic carbocycles. The van der Waals surface area contributed by atoms with Crippen molar-refractivity contribution in [3.05, 3.63) is 65.9 Å². The van der Waals surface area contributed by atoms with E-state index in [1.807, 2.05) is 59.5 Å². The number of hydrogen-bond donors (Lipinski definition) is 0. The Labute approximate surface area is 140 Å². The molecule has 0 saturated heterocycles. The fourth-order valence-electron chi connectivity index (χ4n) is 2.19. The molecular weight excluding hydrogens is 312 g/mol. The SMILES string of the molecule is COCCn1cc(-c2ccc(Oc3ccccc3Cl)cc2)cn1. The Hall–Kier alpha value is -2.30. The van der Waals surface area contributed by atoms with E-state index >= 15 is 0 Å². The highest BCUT2D eigenvalue weighted by molar-refractivity contribution is 6.32. The first-order valence-corrected chi connectivity index (χ1v) is 7.68. The van der Waals surface area contributed by atoms with E-state index in [2.05, 4.69) is 5.10 Å². The maximum absolute atomic E-state index is 6.10. The van der Waals surface area contributed by atoms with Crippen LogP contribution < -0.4 is 4.74 Å². The average molecular weight is 329 g/mol. The second-order valence-electron chi connectivity index (χ2n) is 5.04. The van der Waals surface area contributed by atoms with Gasteiger partial charge in [0.2, 0.25) is 0 Å². The molecule has 3 rings (SSSR count). The van der Waals surface area contributed by atoms with E-state index in [9.17, 15) is 0 Å². The number of nitrogens with zero attached hydrogens (tertiary/aromatic N) is 2. The number of para-hydroxylation sites is 1. The van der Waals surface area contributed by atoms with Crippen molar-refractivity contribution in [3.8, 4) is 22.6 Å². The fourth-order valence-corrected chi connectivity index (χ4v) is 2.36. The highest BCUT2D eigenvalue weighted by Crippen LogP contribution is 2.30. The van der Waals surface area contributed by atoms with Crippen LogP contribution in [0.5, 0.6) is 11.5 Å². The second kappa shape index (κ2) is 7.31. The second-order valence-corrected chi connectivity index (χ2v) is 5.45. The normalized spacial score (nSPS) is 10.7. The van der Waals surface area contributed by atoms with Crippen LogP contribution in [0, 0.1) is 0 Å². The third-order valence-electron chi connectivity index (χ3n) is 3.41. The molecule has 0 bridgehead atoms. The highest BCUT2D eigenvalue weighted by atomic mass is 35.5. The van der Waals surface area contributed by atoms with Crippen LogP contribution in [0.15, 0.2) is 60.9 Å². The van der Waals surface area contributed by atoms with Gasteiger partial charge in [0.25, 0.3) is 0 Å². The monoisotopic (exact) mass is 328 g/mol. The zero-order valence-corrected chi connectivity index (χ0v) is 13.5. The predicted molar refractivity (Wildman–Crippen MR) is 91.1 cm³/mol. The summed E-state index contributed by atoms with van der Waals surface area (Å²) in [6.07, 6.45) is 3.85. The van der Waals surface area contributed by atoms with Crippen LogP contribution >= 0.6 is 11.6 Å². The smallest absolute Gasteiger partial charge is 0.146 e. The fraction of sp³-hybridized carbons (Fsp3) is 0.167. The quantitative estimate of drug-likeness (QED) is 0.661. The molecule has 5 heteroatoms. The van der Waals surface area contributed by atoms with Crippen LogP contribution in [-0.4, -0.2) is 23.5 Å². The van der Waals surface area contributed by atoms with Crippen LogP contribution in [0.2, 0.25) is 5.02 Å². The maximum atomic E-state index is 6.10. The maximum Gasteiger partial charge on any atom is 0.146 e. The molecule has 0 radical (unpaired) electrons. The topological polar surface area (TPSA) is 36.3 Å². The number of halogens is 1. The Kier molecular flexibility index (Phi) is 4.95. The minimum absolute atomic E-state index is 0.594. The third-order valence-corrected chi connectivity index (χ3v) is 3.72. The molecule has 1 aromatic heterocycles. The first-order chi connectivity index (χ1) is 11.3. The molecule has 0 aliphatic heterocycles. The summed E-state index contributed by atoms with van der Waals surface area (Å²) in [7, 11) is 1.68. The largest absolute Gasteiger partial charge is 0.456 e. The molecule has 4 nitrogen and oxygen atoms in total. The van der Waals surface area contributed by atoms with Crippen molar-refractivity contribution in [1.82, 2.24) is 9.78 Å². The lowest BCUT2D eigenvalue weighted by Crippen LogP contribution is -2.03. The molecule has 0 aliphatic rings. The van der Waals surface area contributed by atoms with E-state index in [0.29, 0.717) is 17.4 Å². The molecule has 23 heavy (non-hydrogen) atoms. The highest BCUT2D eigenvalue weighted by Gasteiger charge is 2.05. The molecule has 0 unspecified atom stereocenters. The Morgan fingerprint density at radius 3 is 2.57 bits per heavy atom. The number of rotatable bonds is 6. The van der Waals surface area contributed by atoms with Crippen molar-refractivity contribution in [2.24, 2.45) is 0 Å². The Bertz CT molecular complexity index is 769. The van der Waals surface area contributed by atoms with Crippen LogP contribution in [0.1, 0.15) is 0 Å². The van der Waals surface area contributed by atoms with E-state index in [0.717, 1.165) is 23.4 Å². The summed E-state index contributed by atoms with van der Waals surface area (Å²) in [6, 6.07) is 15.3. The van der Waals surface area contributed by atoms with Gasteiger partial charge in [0.05, 0.1) is 24.4 Å². The molecular formula is C18H17ClN2O2. The molecule has 0 N–H and O–H groups in total. The molecule has 0 saturated carbocycles. The Morgan fingerprint density at radius 1 is 1.04 bits per heavy atom. The van der Waals surface area contributed by atoms with E-state index in [1.165, 1.54) is 0 Å². The summed E-state index contributed by atoms with van der Waals surface area (Å²) < 4.78 is 12.7. The summed E-state index contributed by atoms with van der Waals surface area (Å²) in [5, 5.41) is 4.91. The molecule has 118 valence electrons. The molecule has 0 spiro atoms. The minimum atomic E-state index is 0.594. The van der Waals surface area contributed by atoms with Crippen LogP contribution in [0.4, 0.5) is 0 Å². The zero-order valence-electron chi connectivity index (χ0n) is 12.8. The summed E-state index contributed by atoms with van der Waals surface area (Å²) in [5.74, 6) is 1.39. The van der Waals surface area contributed by atoms with Gasteiger partial charge in [-0.1, -0.05) is 35.9 Å². The van der Waals surface area contributed by atoms with Gasteiger partial charge in [-0.2, -0.15) is 5.10 Å². The van der Waals surface area contributed by atoms with E-state index in [1.54, 1.807) is 13.2 Å². The standard InChI is InChI=1S/C18H17ClN2O2/c1-22-11-10-21-13-15(12-20-21)14-6-8-16(9-7-14)23-18-5-3-2-4-17(18)19/h2-9,12-13H,10-11H2,1H3. The van der Waals surface area contributed by atoms with Gasteiger partial charge in [-0.05, 0) is 29.8 Å². The molecule has 0 amide bonds. The first-order valence-electron chi connectivity index (χ1n) is 7.30. The molecule has 0 fully saturated rings. The number of aromatic nitrogens is 2. The van der Waals surface area contributed by atoms with Gasteiger partial charge in [0.15, 0.2) is 0 Å². The van der Waals surface area contributed by atoms with Gasteiger partial charge in [0, 0.05) is 18.9 Å². The van der Waals surface area contributed by atoms with Crippen molar-refractivity contribution in [2.75, 3.05) is 13.7 Å². The van der Waals surface area contributed by atoms with E-state index in [4.69, 9.17) is 21.1 Å². The van der Waals surface area contributed by atoms with Crippen molar-refractivity contribution in [3.63, 3.8) is 0 Å². The van der Waals surface area contributed by atoms with Gasteiger partial charge < -0.3 is 9.47 Å². The lowest BCUT2D eigenvalue weighted by Gasteiger charge is -2.07. The van der Waals surface area contributed by atoms with Gasteiger partial charge in [-0.3, -0.25) is 4.68 Å². The average Bonchev–Trinajstić information content (AvgIpc) is 3.05. The van der Waals surface area contributed by atoms with E-state index in [-0.39, 0.29) is 0 Å². The summed E-state index contributed by atoms with van der Waals surface area (Å²) in [4.78, 5) is 0. The number of methoxy groups -OCH3 is 1. The first kappa shape index (κ1) is 15.6. The van der Waals surface area contributed by atoms with Crippen molar-refractivity contribution >= 4 is 11.6 Å².